The summed E-state index contributed by atoms with van der Waals surface area (Å²) in [5.41, 5.74) is 1.67. The number of carboxylic acid groups (broad SMARTS) is 1. The summed E-state index contributed by atoms with van der Waals surface area (Å²) >= 11 is 1.01. The van der Waals surface area contributed by atoms with Crippen molar-refractivity contribution in [1.82, 2.24) is 20.5 Å². The number of thioether (sulfide) groups is 1. The van der Waals surface area contributed by atoms with Crippen molar-refractivity contribution in [2.24, 2.45) is 5.92 Å². The summed E-state index contributed by atoms with van der Waals surface area (Å²) in [7, 11) is 0. The second-order valence-electron chi connectivity index (χ2n) is 7.06. The molecule has 166 valence electrons. The summed E-state index contributed by atoms with van der Waals surface area (Å²) in [5, 5.41) is 22.4. The molecule has 0 unspecified atom stereocenters. The lowest BCUT2D eigenvalue weighted by atomic mass is 10.1. The highest BCUT2D eigenvalue weighted by molar-refractivity contribution is 7.99. The zero-order valence-electron chi connectivity index (χ0n) is 17.3. The average Bonchev–Trinajstić information content (AvgIpc) is 3.26. The molecule has 2 amide bonds. The van der Waals surface area contributed by atoms with Crippen LogP contribution >= 0.6 is 11.8 Å². The highest BCUT2D eigenvalue weighted by Gasteiger charge is 2.23. The summed E-state index contributed by atoms with van der Waals surface area (Å²) in [6.07, 6.45) is 3.07. The molecule has 1 aromatic carbocycles. The van der Waals surface area contributed by atoms with Crippen molar-refractivity contribution < 1.29 is 23.9 Å². The smallest absolute Gasteiger partial charge is 0.326 e. The fourth-order valence-electron chi connectivity index (χ4n) is 2.64. The Hall–Kier alpha value is -3.73. The number of aliphatic carboxylic acids is 1. The Morgan fingerprint density at radius 2 is 1.88 bits per heavy atom. The Morgan fingerprint density at radius 1 is 1.12 bits per heavy atom. The third-order valence-corrected chi connectivity index (χ3v) is 5.11. The van der Waals surface area contributed by atoms with E-state index < -0.39 is 17.9 Å². The van der Waals surface area contributed by atoms with Gasteiger partial charge in [-0.05, 0) is 42.3 Å². The van der Waals surface area contributed by atoms with Crippen LogP contribution in [-0.4, -0.2) is 49.9 Å². The van der Waals surface area contributed by atoms with Crippen LogP contribution in [0.25, 0.3) is 11.5 Å². The Bertz CT molecular complexity index is 1090. The molecule has 0 radical (unpaired) electrons. The molecule has 0 saturated heterocycles. The first kappa shape index (κ1) is 22.9. The van der Waals surface area contributed by atoms with Crippen molar-refractivity contribution in [3.05, 3.63) is 54.4 Å². The van der Waals surface area contributed by atoms with Gasteiger partial charge in [0.15, 0.2) is 0 Å². The van der Waals surface area contributed by atoms with Gasteiger partial charge in [-0.2, -0.15) is 0 Å². The molecule has 0 saturated carbocycles. The van der Waals surface area contributed by atoms with E-state index in [1.54, 1.807) is 56.4 Å². The molecule has 0 aliphatic rings. The van der Waals surface area contributed by atoms with Gasteiger partial charge in [0, 0.05) is 23.6 Å². The number of pyridine rings is 1. The van der Waals surface area contributed by atoms with Crippen molar-refractivity contribution in [2.45, 2.75) is 25.1 Å². The van der Waals surface area contributed by atoms with Crippen molar-refractivity contribution >= 4 is 35.2 Å². The number of anilines is 1. The molecule has 0 aliphatic heterocycles. The number of rotatable bonds is 9. The second kappa shape index (κ2) is 10.5. The van der Waals surface area contributed by atoms with Gasteiger partial charge in [-0.25, -0.2) is 4.79 Å². The summed E-state index contributed by atoms with van der Waals surface area (Å²) in [5.74, 6) is -1.85. The maximum Gasteiger partial charge on any atom is 0.326 e. The molecule has 10 nitrogen and oxygen atoms in total. The molecule has 11 heteroatoms. The monoisotopic (exact) mass is 455 g/mol. The van der Waals surface area contributed by atoms with Crippen LogP contribution in [0.15, 0.2) is 58.4 Å². The zero-order valence-corrected chi connectivity index (χ0v) is 18.1. The minimum Gasteiger partial charge on any atom is -0.480 e. The number of hydrogen-bond acceptors (Lipinski definition) is 8. The van der Waals surface area contributed by atoms with Crippen molar-refractivity contribution in [2.75, 3.05) is 11.1 Å². The number of nitrogens with one attached hydrogen (secondary N) is 2. The average molecular weight is 455 g/mol. The van der Waals surface area contributed by atoms with Crippen LogP contribution in [0, 0.1) is 5.92 Å². The molecule has 0 aliphatic carbocycles. The second-order valence-corrected chi connectivity index (χ2v) is 7.99. The molecule has 32 heavy (non-hydrogen) atoms. The van der Waals surface area contributed by atoms with Crippen LogP contribution in [0.5, 0.6) is 0 Å². The maximum absolute atomic E-state index is 12.2. The fraction of sp³-hybridized carbons (Fsp3) is 0.238. The van der Waals surface area contributed by atoms with Gasteiger partial charge in [-0.1, -0.05) is 25.6 Å². The molecular weight excluding hydrogens is 434 g/mol. The SMILES string of the molecule is CC(C)[C@H](NC(=O)CSc1nnc(-c2ccc(NC(=O)c3cccnc3)cc2)o1)C(=O)O. The molecule has 2 aromatic heterocycles. The molecule has 0 bridgehead atoms. The molecule has 2 heterocycles. The third kappa shape index (κ3) is 6.14. The predicted molar refractivity (Wildman–Crippen MR) is 117 cm³/mol. The van der Waals surface area contributed by atoms with Gasteiger partial charge in [0.25, 0.3) is 11.1 Å². The minimum absolute atomic E-state index is 0.0581. The van der Waals surface area contributed by atoms with E-state index in [4.69, 9.17) is 9.52 Å². The third-order valence-electron chi connectivity index (χ3n) is 4.30. The largest absolute Gasteiger partial charge is 0.480 e. The van der Waals surface area contributed by atoms with Gasteiger partial charge in [0.1, 0.15) is 6.04 Å². The van der Waals surface area contributed by atoms with Crippen molar-refractivity contribution in [1.29, 1.82) is 0 Å². The van der Waals surface area contributed by atoms with E-state index in [-0.39, 0.29) is 28.7 Å². The van der Waals surface area contributed by atoms with Gasteiger partial charge in [0.2, 0.25) is 11.8 Å². The lowest BCUT2D eigenvalue weighted by Crippen LogP contribution is -2.45. The number of aromatic nitrogens is 3. The summed E-state index contributed by atoms with van der Waals surface area (Å²) < 4.78 is 5.56. The predicted octanol–water partition coefficient (Wildman–Crippen LogP) is 2.70. The van der Waals surface area contributed by atoms with Gasteiger partial charge in [0.05, 0.1) is 11.3 Å². The maximum atomic E-state index is 12.2. The van der Waals surface area contributed by atoms with Gasteiger partial charge in [-0.15, -0.1) is 10.2 Å². The van der Waals surface area contributed by atoms with E-state index in [1.807, 2.05) is 0 Å². The first-order valence-corrected chi connectivity index (χ1v) is 10.6. The van der Waals surface area contributed by atoms with Crippen molar-refractivity contribution in [3.63, 3.8) is 0 Å². The molecule has 0 spiro atoms. The summed E-state index contributed by atoms with van der Waals surface area (Å²) in [6, 6.07) is 9.22. The van der Waals surface area contributed by atoms with E-state index >= 15 is 0 Å². The lowest BCUT2D eigenvalue weighted by Gasteiger charge is -2.17. The van der Waals surface area contributed by atoms with Gasteiger partial charge < -0.3 is 20.2 Å². The van der Waals surface area contributed by atoms with Crippen LogP contribution in [0.2, 0.25) is 0 Å². The van der Waals surface area contributed by atoms with Crippen molar-refractivity contribution in [3.8, 4) is 11.5 Å². The summed E-state index contributed by atoms with van der Waals surface area (Å²) in [4.78, 5) is 39.3. The number of nitrogens with zero attached hydrogens (tertiary/aromatic N) is 3. The fourth-order valence-corrected chi connectivity index (χ4v) is 3.21. The first-order valence-electron chi connectivity index (χ1n) is 9.63. The normalized spacial score (nSPS) is 11.7. The number of amides is 2. The molecule has 1 atom stereocenters. The first-order chi connectivity index (χ1) is 15.3. The van der Waals surface area contributed by atoms with Crippen LogP contribution in [0.4, 0.5) is 5.69 Å². The van der Waals surface area contributed by atoms with Crippen LogP contribution in [0.3, 0.4) is 0 Å². The topological polar surface area (TPSA) is 147 Å². The molecule has 3 aromatic rings. The van der Waals surface area contributed by atoms with Gasteiger partial charge >= 0.3 is 5.97 Å². The minimum atomic E-state index is -1.08. The molecule has 3 N–H and O–H groups in total. The van der Waals surface area contributed by atoms with E-state index in [9.17, 15) is 14.4 Å². The van der Waals surface area contributed by atoms with Crippen LogP contribution in [-0.2, 0) is 9.59 Å². The highest BCUT2D eigenvalue weighted by Crippen LogP contribution is 2.24. The number of hydrogen-bond donors (Lipinski definition) is 3. The van der Waals surface area contributed by atoms with Crippen LogP contribution in [0.1, 0.15) is 24.2 Å². The van der Waals surface area contributed by atoms with E-state index in [1.165, 1.54) is 6.20 Å². The Balaban J connectivity index is 1.55. The number of carboxylic acids is 1. The molecular formula is C21H21N5O5S. The van der Waals surface area contributed by atoms with E-state index in [2.05, 4.69) is 25.8 Å². The quantitative estimate of drug-likeness (QED) is 0.414. The van der Waals surface area contributed by atoms with E-state index in [0.717, 1.165) is 11.8 Å². The number of carbonyl (C=O) groups is 3. The lowest BCUT2D eigenvalue weighted by molar-refractivity contribution is -0.142. The van der Waals surface area contributed by atoms with Gasteiger partial charge in [-0.3, -0.25) is 14.6 Å². The number of carbonyl (C=O) groups excluding carboxylic acids is 2. The Labute approximate surface area is 187 Å². The number of benzene rings is 1. The Morgan fingerprint density at radius 3 is 2.50 bits per heavy atom. The zero-order chi connectivity index (χ0) is 23.1. The van der Waals surface area contributed by atoms with Crippen LogP contribution < -0.4 is 10.6 Å². The van der Waals surface area contributed by atoms with E-state index in [0.29, 0.717) is 16.8 Å². The molecule has 0 fully saturated rings. The molecule has 3 rings (SSSR count). The highest BCUT2D eigenvalue weighted by atomic mass is 32.2. The summed E-state index contributed by atoms with van der Waals surface area (Å²) in [6.45, 7) is 3.43. The Kier molecular flexibility index (Phi) is 7.55. The standard InChI is InChI=1S/C21H21N5O5S/c1-12(2)17(20(29)30)24-16(27)11-32-21-26-25-19(31-21)13-5-7-15(8-6-13)23-18(28)14-4-3-9-22-10-14/h3-10,12,17H,11H2,1-2H3,(H,23,28)(H,24,27)(H,29,30)/t17-/m0/s1.